The fourth-order valence-electron chi connectivity index (χ4n) is 2.56. The molecule has 2 aromatic carbocycles. The number of methoxy groups -OCH3 is 2. The number of non-ortho nitro benzene ring substituents is 1. The molecule has 0 unspecified atom stereocenters. The summed E-state index contributed by atoms with van der Waals surface area (Å²) in [5.41, 5.74) is 0.584. The van der Waals surface area contributed by atoms with Crippen molar-refractivity contribution in [2.75, 3.05) is 14.2 Å². The molecule has 3 aromatic rings. The molecular weight excluding hydrogens is 382 g/mol. The molecule has 0 spiro atoms. The summed E-state index contributed by atoms with van der Waals surface area (Å²) in [4.78, 5) is 22.9. The number of nitro groups is 1. The van der Waals surface area contributed by atoms with E-state index in [1.54, 1.807) is 25.1 Å². The molecular formula is C19H17N3O7. The van der Waals surface area contributed by atoms with Crippen LogP contribution in [-0.2, 0) is 4.74 Å². The van der Waals surface area contributed by atoms with Gasteiger partial charge in [-0.15, -0.1) is 10.2 Å². The van der Waals surface area contributed by atoms with E-state index in [-0.39, 0.29) is 23.0 Å². The zero-order valence-electron chi connectivity index (χ0n) is 15.8. The van der Waals surface area contributed by atoms with Crippen LogP contribution in [0.2, 0.25) is 0 Å². The van der Waals surface area contributed by atoms with Crippen LogP contribution in [0.25, 0.3) is 11.5 Å². The molecule has 10 nitrogen and oxygen atoms in total. The van der Waals surface area contributed by atoms with Crippen LogP contribution >= 0.6 is 0 Å². The number of nitrogens with zero attached hydrogens (tertiary/aromatic N) is 3. The number of hydrogen-bond donors (Lipinski definition) is 0. The standard InChI is InChI=1S/C19H17N3O7/c1-11(28-19(23)16-14(26-2)5-4-6-15(16)27-3)17-20-21-18(29-17)12-7-9-13(10-8-12)22(24)25/h4-11H,1-3H3/t11-/m0/s1. The van der Waals surface area contributed by atoms with Crippen molar-refractivity contribution in [1.29, 1.82) is 0 Å². The Morgan fingerprint density at radius 1 is 1.07 bits per heavy atom. The fourth-order valence-corrected chi connectivity index (χ4v) is 2.56. The number of carbonyl (C=O) groups excluding carboxylic acids is 1. The van der Waals surface area contributed by atoms with Gasteiger partial charge in [-0.1, -0.05) is 6.07 Å². The lowest BCUT2D eigenvalue weighted by Gasteiger charge is -2.14. The van der Waals surface area contributed by atoms with Crippen LogP contribution in [0.1, 0.15) is 29.3 Å². The second-order valence-corrected chi connectivity index (χ2v) is 5.83. The van der Waals surface area contributed by atoms with Gasteiger partial charge >= 0.3 is 5.97 Å². The lowest BCUT2D eigenvalue weighted by molar-refractivity contribution is -0.384. The molecule has 3 rings (SSSR count). The highest BCUT2D eigenvalue weighted by Gasteiger charge is 2.25. The number of aromatic nitrogens is 2. The minimum atomic E-state index is -0.851. The number of nitro benzene ring substituents is 1. The van der Waals surface area contributed by atoms with Gasteiger partial charge in [-0.3, -0.25) is 10.1 Å². The van der Waals surface area contributed by atoms with Crippen LogP contribution in [0.3, 0.4) is 0 Å². The molecule has 0 amide bonds. The first-order valence-corrected chi connectivity index (χ1v) is 8.44. The SMILES string of the molecule is COc1cccc(OC)c1C(=O)O[C@@H](C)c1nnc(-c2ccc([N+](=O)[O-])cc2)o1. The zero-order valence-corrected chi connectivity index (χ0v) is 15.8. The summed E-state index contributed by atoms with van der Waals surface area (Å²) in [7, 11) is 2.87. The Kier molecular flexibility index (Phi) is 5.72. The van der Waals surface area contributed by atoms with E-state index in [0.717, 1.165) is 0 Å². The van der Waals surface area contributed by atoms with Gasteiger partial charge in [0, 0.05) is 17.7 Å². The molecule has 0 bridgehead atoms. The maximum Gasteiger partial charge on any atom is 0.346 e. The van der Waals surface area contributed by atoms with Crippen molar-refractivity contribution in [2.24, 2.45) is 0 Å². The van der Waals surface area contributed by atoms with Gasteiger partial charge < -0.3 is 18.6 Å². The highest BCUT2D eigenvalue weighted by molar-refractivity contribution is 5.95. The van der Waals surface area contributed by atoms with E-state index in [1.807, 2.05) is 0 Å². The van der Waals surface area contributed by atoms with Gasteiger partial charge in [-0.05, 0) is 31.2 Å². The predicted molar refractivity (Wildman–Crippen MR) is 99.8 cm³/mol. The normalized spacial score (nSPS) is 11.6. The Hall–Kier alpha value is -3.95. The van der Waals surface area contributed by atoms with Crippen molar-refractivity contribution in [1.82, 2.24) is 10.2 Å². The Labute approximate surface area is 165 Å². The van der Waals surface area contributed by atoms with E-state index in [0.29, 0.717) is 17.1 Å². The summed E-state index contributed by atoms with van der Waals surface area (Å²) in [6, 6.07) is 10.6. The molecule has 0 aliphatic carbocycles. The third kappa shape index (κ3) is 4.15. The Morgan fingerprint density at radius 2 is 1.69 bits per heavy atom. The average molecular weight is 399 g/mol. The summed E-state index contributed by atoms with van der Waals surface area (Å²) in [6.07, 6.45) is -0.851. The van der Waals surface area contributed by atoms with Crippen molar-refractivity contribution in [2.45, 2.75) is 13.0 Å². The Bertz CT molecular complexity index is 1010. The molecule has 150 valence electrons. The number of ether oxygens (including phenoxy) is 3. The van der Waals surface area contributed by atoms with Crippen molar-refractivity contribution in [3.63, 3.8) is 0 Å². The molecule has 0 fully saturated rings. The third-order valence-electron chi connectivity index (χ3n) is 4.03. The molecule has 10 heteroatoms. The highest BCUT2D eigenvalue weighted by Crippen LogP contribution is 2.31. The van der Waals surface area contributed by atoms with Crippen molar-refractivity contribution in [3.8, 4) is 23.0 Å². The maximum atomic E-state index is 12.6. The first-order valence-electron chi connectivity index (χ1n) is 8.44. The smallest absolute Gasteiger partial charge is 0.346 e. The van der Waals surface area contributed by atoms with Crippen molar-refractivity contribution in [3.05, 3.63) is 64.0 Å². The van der Waals surface area contributed by atoms with Crippen LogP contribution in [-0.4, -0.2) is 35.3 Å². The summed E-state index contributed by atoms with van der Waals surface area (Å²) >= 11 is 0. The molecule has 0 radical (unpaired) electrons. The molecule has 0 aliphatic rings. The first kappa shape index (κ1) is 19.8. The van der Waals surface area contributed by atoms with Gasteiger partial charge in [0.25, 0.3) is 11.6 Å². The third-order valence-corrected chi connectivity index (χ3v) is 4.03. The quantitative estimate of drug-likeness (QED) is 0.333. The van der Waals surface area contributed by atoms with Crippen LogP contribution < -0.4 is 9.47 Å². The van der Waals surface area contributed by atoms with E-state index in [1.165, 1.54) is 38.5 Å². The minimum absolute atomic E-state index is 0.0541. The fraction of sp³-hybridized carbons (Fsp3) is 0.211. The molecule has 1 aromatic heterocycles. The van der Waals surface area contributed by atoms with Crippen LogP contribution in [0, 0.1) is 10.1 Å². The molecule has 0 saturated carbocycles. The molecule has 0 aliphatic heterocycles. The van der Waals surface area contributed by atoms with Crippen molar-refractivity contribution >= 4 is 11.7 Å². The van der Waals surface area contributed by atoms with E-state index < -0.39 is 17.0 Å². The lowest BCUT2D eigenvalue weighted by Crippen LogP contribution is -2.12. The summed E-state index contributed by atoms with van der Waals surface area (Å²) in [5, 5.41) is 18.5. The van der Waals surface area contributed by atoms with Crippen LogP contribution in [0.5, 0.6) is 11.5 Å². The van der Waals surface area contributed by atoms with Crippen LogP contribution in [0.4, 0.5) is 5.69 Å². The minimum Gasteiger partial charge on any atom is -0.496 e. The van der Waals surface area contributed by atoms with E-state index in [9.17, 15) is 14.9 Å². The van der Waals surface area contributed by atoms with E-state index >= 15 is 0 Å². The zero-order chi connectivity index (χ0) is 21.0. The monoisotopic (exact) mass is 399 g/mol. The van der Waals surface area contributed by atoms with Gasteiger partial charge in [0.2, 0.25) is 5.89 Å². The van der Waals surface area contributed by atoms with Gasteiger partial charge in [0.1, 0.15) is 17.1 Å². The van der Waals surface area contributed by atoms with E-state index in [2.05, 4.69) is 10.2 Å². The second-order valence-electron chi connectivity index (χ2n) is 5.83. The second kappa shape index (κ2) is 8.38. The Balaban J connectivity index is 1.78. The predicted octanol–water partition coefficient (Wildman–Crippen LogP) is 3.58. The molecule has 1 atom stereocenters. The molecule has 0 N–H and O–H groups in total. The number of rotatable bonds is 7. The average Bonchev–Trinajstić information content (AvgIpc) is 3.23. The van der Waals surface area contributed by atoms with Gasteiger partial charge in [0.05, 0.1) is 19.1 Å². The topological polar surface area (TPSA) is 127 Å². The maximum absolute atomic E-state index is 12.6. The highest BCUT2D eigenvalue weighted by atomic mass is 16.6. The lowest BCUT2D eigenvalue weighted by atomic mass is 10.1. The van der Waals surface area contributed by atoms with Gasteiger partial charge in [0.15, 0.2) is 6.10 Å². The van der Waals surface area contributed by atoms with Crippen molar-refractivity contribution < 1.29 is 28.3 Å². The van der Waals surface area contributed by atoms with E-state index in [4.69, 9.17) is 18.6 Å². The number of hydrogen-bond acceptors (Lipinski definition) is 9. The molecule has 0 saturated heterocycles. The summed E-state index contributed by atoms with van der Waals surface area (Å²) in [6.45, 7) is 1.58. The summed E-state index contributed by atoms with van der Waals surface area (Å²) < 4.78 is 21.4. The Morgan fingerprint density at radius 3 is 2.24 bits per heavy atom. The van der Waals surface area contributed by atoms with Gasteiger partial charge in [-0.2, -0.15) is 0 Å². The molecule has 29 heavy (non-hydrogen) atoms. The number of esters is 1. The number of benzene rings is 2. The number of carbonyl (C=O) groups is 1. The first-order chi connectivity index (χ1) is 13.9. The van der Waals surface area contributed by atoms with Crippen LogP contribution in [0.15, 0.2) is 46.9 Å². The van der Waals surface area contributed by atoms with Gasteiger partial charge in [-0.25, -0.2) is 4.79 Å². The summed E-state index contributed by atoms with van der Waals surface area (Å²) in [5.74, 6) is 0.146. The largest absolute Gasteiger partial charge is 0.496 e. The molecule has 1 heterocycles.